The molecule has 4 bridgehead atoms. The minimum absolute atomic E-state index is 0.0567. The van der Waals surface area contributed by atoms with Crippen molar-refractivity contribution < 1.29 is 52.8 Å². The molecule has 4 amide bonds. The van der Waals surface area contributed by atoms with E-state index in [1.54, 1.807) is 67.3 Å². The first-order valence-corrected chi connectivity index (χ1v) is 19.6. The Morgan fingerprint density at radius 2 is 1.08 bits per heavy atom. The highest BCUT2D eigenvalue weighted by molar-refractivity contribution is 6.12. The number of hydrogen-bond acceptors (Lipinski definition) is 13. The van der Waals surface area contributed by atoms with Gasteiger partial charge >= 0.3 is 24.1 Å². The van der Waals surface area contributed by atoms with Crippen LogP contribution in [0.5, 0.6) is 0 Å². The van der Waals surface area contributed by atoms with Crippen LogP contribution in [0, 0.1) is 19.7 Å². The van der Waals surface area contributed by atoms with Crippen LogP contribution in [0.4, 0.5) is 19.7 Å². The minimum atomic E-state index is -2.65. The highest BCUT2D eigenvalue weighted by Crippen LogP contribution is 2.53. The lowest BCUT2D eigenvalue weighted by molar-refractivity contribution is -0.169. The third-order valence-electron chi connectivity index (χ3n) is 13.6. The maximum Gasteiger partial charge on any atom is 0.412 e. The van der Waals surface area contributed by atoms with E-state index in [1.165, 1.54) is 21.9 Å². The molecule has 10 N–H and O–H groups in total. The molecule has 2 saturated heterocycles. The third kappa shape index (κ3) is 5.79. The molecule has 17 nitrogen and oxygen atoms in total. The molecule has 6 aliphatic rings. The van der Waals surface area contributed by atoms with Gasteiger partial charge in [0, 0.05) is 18.8 Å². The number of anilines is 1. The summed E-state index contributed by atoms with van der Waals surface area (Å²) < 4.78 is 25.5. The fourth-order valence-corrected chi connectivity index (χ4v) is 10.9. The van der Waals surface area contributed by atoms with Crippen LogP contribution >= 0.6 is 0 Å². The standard InChI is InChI=1S/C42H48FN7O10/c1-23-24(2)30(16-15-29(23)43)50(31-5-3-17-48(31)41(33(44)53,35(55)59-37(46)57)39(21-51)19-25-7-11-27(39)12-8-25)32-6-4-18-49(32)42(34(45)54,36(56)60-38(47)58)40(22-52)20-26-9-13-28(40)14-10-26/h7-16,31-32,51-52H,3-6,17-22H2,1-2H3,(H2,44,53)(H2,45,54)(H2,46,57)(H2,47,58)/t31?,32?,39?,40?,41-,42-/m0/s1. The maximum absolute atomic E-state index is 15.4. The number of ether oxygens (including phenoxy) is 2. The number of primary amides is 4. The van der Waals surface area contributed by atoms with Crippen LogP contribution in [0.3, 0.4) is 0 Å². The van der Waals surface area contributed by atoms with Crippen LogP contribution in [0.1, 0.15) is 59.1 Å². The number of aliphatic hydroxyl groups excluding tert-OH is 2. The van der Waals surface area contributed by atoms with Crippen LogP contribution in [0.15, 0.2) is 60.7 Å². The number of amides is 4. The first-order valence-electron chi connectivity index (χ1n) is 19.6. The Labute approximate surface area is 344 Å². The topological polar surface area (TPSA) is 275 Å². The van der Waals surface area contributed by atoms with E-state index in [4.69, 9.17) is 32.4 Å². The van der Waals surface area contributed by atoms with E-state index in [0.29, 0.717) is 33.5 Å². The van der Waals surface area contributed by atoms with E-state index < -0.39 is 89.2 Å². The number of benzene rings is 3. The normalized spacial score (nSPS) is 25.3. The summed E-state index contributed by atoms with van der Waals surface area (Å²) >= 11 is 0. The van der Waals surface area contributed by atoms with Gasteiger partial charge in [0.1, 0.15) is 5.82 Å². The number of carbonyl (C=O) groups is 6. The second kappa shape index (κ2) is 15.3. The second-order valence-corrected chi connectivity index (χ2v) is 16.2. The number of halogens is 1. The Morgan fingerprint density at radius 3 is 1.40 bits per heavy atom. The molecule has 2 fully saturated rings. The molecule has 3 aromatic rings. The molecule has 318 valence electrons. The average molecular weight is 830 g/mol. The van der Waals surface area contributed by atoms with Gasteiger partial charge in [-0.1, -0.05) is 48.5 Å². The van der Waals surface area contributed by atoms with Crippen molar-refractivity contribution in [3.8, 4) is 0 Å². The molecule has 0 aromatic heterocycles. The summed E-state index contributed by atoms with van der Waals surface area (Å²) in [5.41, 5.74) is 17.5. The number of nitrogens with two attached hydrogens (primary N) is 4. The van der Waals surface area contributed by atoms with Crippen LogP contribution in [-0.2, 0) is 52.3 Å². The van der Waals surface area contributed by atoms with Crippen molar-refractivity contribution in [2.24, 2.45) is 22.9 Å². The molecule has 6 atom stereocenters. The van der Waals surface area contributed by atoms with E-state index in [0.717, 1.165) is 0 Å². The maximum atomic E-state index is 15.4. The Morgan fingerprint density at radius 1 is 0.683 bits per heavy atom. The Balaban J connectivity index is 1.52. The van der Waals surface area contributed by atoms with E-state index in [2.05, 4.69) is 0 Å². The summed E-state index contributed by atoms with van der Waals surface area (Å²) in [6.07, 6.45) is -4.64. The van der Waals surface area contributed by atoms with Gasteiger partial charge in [-0.15, -0.1) is 0 Å². The number of carbonyl (C=O) groups excluding carboxylic acids is 6. The van der Waals surface area contributed by atoms with Crippen molar-refractivity contribution in [1.29, 1.82) is 0 Å². The monoisotopic (exact) mass is 829 g/mol. The van der Waals surface area contributed by atoms with Crippen molar-refractivity contribution in [3.05, 3.63) is 99.9 Å². The number of likely N-dealkylation sites (tertiary alicyclic amines) is 2. The van der Waals surface area contributed by atoms with Crippen molar-refractivity contribution in [3.63, 3.8) is 0 Å². The predicted molar refractivity (Wildman–Crippen MR) is 211 cm³/mol. The average Bonchev–Trinajstić information content (AvgIpc) is 3.90. The lowest BCUT2D eigenvalue weighted by Crippen LogP contribution is -2.80. The third-order valence-corrected chi connectivity index (χ3v) is 13.6. The van der Waals surface area contributed by atoms with Crippen LogP contribution in [0.2, 0.25) is 0 Å². The van der Waals surface area contributed by atoms with Gasteiger partial charge in [0.25, 0.3) is 11.8 Å². The van der Waals surface area contributed by atoms with E-state index in [-0.39, 0.29) is 57.2 Å². The molecule has 4 aliphatic carbocycles. The van der Waals surface area contributed by atoms with E-state index in [9.17, 15) is 39.0 Å². The minimum Gasteiger partial charge on any atom is -0.395 e. The molecule has 0 radical (unpaired) electrons. The molecule has 60 heavy (non-hydrogen) atoms. The summed E-state index contributed by atoms with van der Waals surface area (Å²) in [5.74, 6) is -5.98. The van der Waals surface area contributed by atoms with Gasteiger partial charge in [-0.25, -0.2) is 23.6 Å². The molecule has 2 aliphatic heterocycles. The van der Waals surface area contributed by atoms with Gasteiger partial charge in [-0.05, 0) is 97.9 Å². The van der Waals surface area contributed by atoms with Crippen LogP contribution in [-0.4, -0.2) is 106 Å². The number of fused-ring (bicyclic) bond motifs is 6. The first-order chi connectivity index (χ1) is 28.5. The summed E-state index contributed by atoms with van der Waals surface area (Å²) in [7, 11) is 0. The molecule has 3 aromatic carbocycles. The fourth-order valence-electron chi connectivity index (χ4n) is 10.9. The molecular formula is C42H48FN7O10. The number of esters is 2. The summed E-state index contributed by atoms with van der Waals surface area (Å²) in [6, 6.07) is 16.3. The molecular weight excluding hydrogens is 781 g/mol. The molecule has 0 spiro atoms. The quantitative estimate of drug-likeness (QED) is 0.103. The SMILES string of the molecule is Cc1c(F)ccc(N(C2CCCN2[C@@](C(N)=O)(C(=O)OC(N)=O)C2(CO)Cc3ccc2cc3)C2CCCN2[C@@](C(N)=O)(C(=O)OC(N)=O)C2(CO)Cc3ccc2cc3)c1C. The fraction of sp³-hybridized carbons (Fsp3) is 0.429. The van der Waals surface area contributed by atoms with Crippen LogP contribution < -0.4 is 27.8 Å². The molecule has 18 heteroatoms. The van der Waals surface area contributed by atoms with Gasteiger partial charge in [0.05, 0.1) is 36.4 Å². The largest absolute Gasteiger partial charge is 0.412 e. The second-order valence-electron chi connectivity index (χ2n) is 16.2. The number of hydrogen-bond donors (Lipinski definition) is 6. The number of aliphatic hydroxyl groups is 2. The summed E-state index contributed by atoms with van der Waals surface area (Å²) in [6.45, 7) is 1.44. The summed E-state index contributed by atoms with van der Waals surface area (Å²) in [4.78, 5) is 88.0. The molecule has 9 rings (SSSR count). The van der Waals surface area contributed by atoms with Crippen molar-refractivity contribution in [1.82, 2.24) is 9.80 Å². The Hall–Kier alpha value is -5.95. The van der Waals surface area contributed by atoms with Gasteiger partial charge in [-0.3, -0.25) is 19.4 Å². The highest BCUT2D eigenvalue weighted by Gasteiger charge is 2.72. The van der Waals surface area contributed by atoms with Gasteiger partial charge < -0.3 is 47.5 Å². The smallest absolute Gasteiger partial charge is 0.395 e. The molecule has 2 heterocycles. The lowest BCUT2D eigenvalue weighted by atomic mass is 9.58. The van der Waals surface area contributed by atoms with Crippen molar-refractivity contribution in [2.45, 2.75) is 86.6 Å². The predicted octanol–water partition coefficient (Wildman–Crippen LogP) is 0.758. The summed E-state index contributed by atoms with van der Waals surface area (Å²) in [5, 5.41) is 22.9. The van der Waals surface area contributed by atoms with Crippen molar-refractivity contribution in [2.75, 3.05) is 31.2 Å². The molecule has 4 unspecified atom stereocenters. The van der Waals surface area contributed by atoms with Gasteiger partial charge in [-0.2, -0.15) is 0 Å². The Bertz CT molecular complexity index is 2150. The molecule has 0 saturated carbocycles. The van der Waals surface area contributed by atoms with Crippen LogP contribution in [0.25, 0.3) is 0 Å². The highest BCUT2D eigenvalue weighted by atomic mass is 19.1. The Kier molecular flexibility index (Phi) is 10.7. The van der Waals surface area contributed by atoms with E-state index >= 15 is 4.39 Å². The first kappa shape index (κ1) is 42.2. The zero-order valence-electron chi connectivity index (χ0n) is 33.2. The zero-order chi connectivity index (χ0) is 43.5. The lowest BCUT2D eigenvalue weighted by Gasteiger charge is -2.58. The number of nitrogens with zero attached hydrogens (tertiary/aromatic N) is 3. The van der Waals surface area contributed by atoms with Gasteiger partial charge in [0.15, 0.2) is 0 Å². The number of rotatable bonds is 13. The van der Waals surface area contributed by atoms with Gasteiger partial charge in [0.2, 0.25) is 11.1 Å². The zero-order valence-corrected chi connectivity index (χ0v) is 33.2. The van der Waals surface area contributed by atoms with Crippen molar-refractivity contribution >= 4 is 41.6 Å². The van der Waals surface area contributed by atoms with E-state index in [1.807, 2.05) is 0 Å².